The molecule has 0 aliphatic carbocycles. The van der Waals surface area contributed by atoms with Crippen molar-refractivity contribution in [3.05, 3.63) is 129 Å². The average Bonchev–Trinajstić information content (AvgIpc) is 3.03. The number of anilines is 1. The molecule has 4 rings (SSSR count). The number of carbonyl (C=O) groups is 2. The maximum absolute atomic E-state index is 14.5. The first-order chi connectivity index (χ1) is 21.6. The van der Waals surface area contributed by atoms with Crippen molar-refractivity contribution >= 4 is 55.1 Å². The summed E-state index contributed by atoms with van der Waals surface area (Å²) in [5.74, 6) is -0.800. The van der Waals surface area contributed by atoms with E-state index in [0.29, 0.717) is 22.8 Å². The lowest BCUT2D eigenvalue weighted by Crippen LogP contribution is -2.53. The molecule has 1 atom stereocenters. The van der Waals surface area contributed by atoms with Gasteiger partial charge in [-0.05, 0) is 72.5 Å². The summed E-state index contributed by atoms with van der Waals surface area (Å²) in [5, 5.41) is 3.40. The Hall–Kier alpha value is -3.66. The highest BCUT2D eigenvalue weighted by atomic mass is 79.9. The fraction of sp³-hybridized carbons (Fsp3) is 0.257. The molecule has 0 radical (unpaired) electrons. The van der Waals surface area contributed by atoms with Gasteiger partial charge in [-0.1, -0.05) is 102 Å². The third-order valence-electron chi connectivity index (χ3n) is 7.43. The van der Waals surface area contributed by atoms with Gasteiger partial charge in [-0.2, -0.15) is 0 Å². The molecule has 0 aliphatic heterocycles. The number of rotatable bonds is 14. The maximum Gasteiger partial charge on any atom is 0.264 e. The quantitative estimate of drug-likeness (QED) is 0.141. The second-order valence-corrected chi connectivity index (χ2v) is 14.0. The van der Waals surface area contributed by atoms with Crippen LogP contribution in [0.25, 0.3) is 0 Å². The standard InChI is InChI=1S/C35H37BrClN3O4S/c1-3-4-22-38-35(42)33(23-27-11-6-5-7-12-27)39(24-28-14-16-29(36)17-15-28)34(41)25-40(32-13-9-8-10-26(32)2)45(43,44)31-20-18-30(37)19-21-31/h5-21,33H,3-4,22-25H2,1-2H3,(H,38,42)/t33-/m1/s1. The first-order valence-electron chi connectivity index (χ1n) is 14.8. The monoisotopic (exact) mass is 709 g/mol. The van der Waals surface area contributed by atoms with E-state index in [1.807, 2.05) is 67.6 Å². The first-order valence-corrected chi connectivity index (χ1v) is 17.4. The van der Waals surface area contributed by atoms with Crippen LogP contribution >= 0.6 is 27.5 Å². The van der Waals surface area contributed by atoms with Crippen LogP contribution in [0.15, 0.2) is 112 Å². The lowest BCUT2D eigenvalue weighted by Gasteiger charge is -2.34. The minimum Gasteiger partial charge on any atom is -0.354 e. The van der Waals surface area contributed by atoms with E-state index in [1.165, 1.54) is 29.2 Å². The summed E-state index contributed by atoms with van der Waals surface area (Å²) in [6, 6.07) is 29.0. The minimum atomic E-state index is -4.20. The van der Waals surface area contributed by atoms with Crippen LogP contribution in [0.5, 0.6) is 0 Å². The molecule has 2 amide bonds. The van der Waals surface area contributed by atoms with Gasteiger partial charge in [-0.15, -0.1) is 0 Å². The van der Waals surface area contributed by atoms with E-state index in [9.17, 15) is 18.0 Å². The van der Waals surface area contributed by atoms with Crippen LogP contribution in [0.3, 0.4) is 0 Å². The van der Waals surface area contributed by atoms with Crippen molar-refractivity contribution in [3.8, 4) is 0 Å². The van der Waals surface area contributed by atoms with E-state index in [0.717, 1.165) is 32.7 Å². The van der Waals surface area contributed by atoms with E-state index in [2.05, 4.69) is 21.2 Å². The van der Waals surface area contributed by atoms with Crippen molar-refractivity contribution in [1.29, 1.82) is 0 Å². The molecule has 1 N–H and O–H groups in total. The number of unbranched alkanes of at least 4 members (excludes halogenated alkanes) is 1. The number of sulfonamides is 1. The maximum atomic E-state index is 14.5. The van der Waals surface area contributed by atoms with Gasteiger partial charge in [0.1, 0.15) is 12.6 Å². The largest absolute Gasteiger partial charge is 0.354 e. The third kappa shape index (κ3) is 9.19. The lowest BCUT2D eigenvalue weighted by molar-refractivity contribution is -0.140. The molecule has 0 heterocycles. The van der Waals surface area contributed by atoms with Crippen LogP contribution < -0.4 is 9.62 Å². The molecule has 0 saturated carbocycles. The van der Waals surface area contributed by atoms with Gasteiger partial charge < -0.3 is 10.2 Å². The molecule has 0 saturated heterocycles. The number of nitrogens with one attached hydrogen (secondary N) is 1. The Balaban J connectivity index is 1.79. The van der Waals surface area contributed by atoms with E-state index < -0.39 is 28.5 Å². The Bertz CT molecular complexity index is 1680. The van der Waals surface area contributed by atoms with Crippen molar-refractivity contribution in [3.63, 3.8) is 0 Å². The van der Waals surface area contributed by atoms with Crippen molar-refractivity contribution in [2.75, 3.05) is 17.4 Å². The second kappa shape index (κ2) is 16.1. The number of hydrogen-bond donors (Lipinski definition) is 1. The van der Waals surface area contributed by atoms with E-state index in [4.69, 9.17) is 11.6 Å². The molecular formula is C35H37BrClN3O4S. The molecule has 0 aromatic heterocycles. The number of benzene rings is 4. The van der Waals surface area contributed by atoms with Crippen LogP contribution in [-0.4, -0.2) is 44.3 Å². The Kier molecular flexibility index (Phi) is 12.2. The van der Waals surface area contributed by atoms with Crippen molar-refractivity contribution in [1.82, 2.24) is 10.2 Å². The number of aryl methyl sites for hydroxylation is 1. The number of carbonyl (C=O) groups excluding carboxylic acids is 2. The lowest BCUT2D eigenvalue weighted by atomic mass is 10.0. The molecule has 0 spiro atoms. The van der Waals surface area contributed by atoms with Gasteiger partial charge in [-0.3, -0.25) is 13.9 Å². The van der Waals surface area contributed by atoms with E-state index >= 15 is 0 Å². The highest BCUT2D eigenvalue weighted by Crippen LogP contribution is 2.28. The fourth-order valence-electron chi connectivity index (χ4n) is 4.94. The van der Waals surface area contributed by atoms with Crippen molar-refractivity contribution < 1.29 is 18.0 Å². The summed E-state index contributed by atoms with van der Waals surface area (Å²) < 4.78 is 30.3. The average molecular weight is 711 g/mol. The van der Waals surface area contributed by atoms with Crippen LogP contribution in [-0.2, 0) is 32.6 Å². The predicted octanol–water partition coefficient (Wildman–Crippen LogP) is 7.16. The second-order valence-electron chi connectivity index (χ2n) is 10.8. The SMILES string of the molecule is CCCCNC(=O)[C@@H](Cc1ccccc1)N(Cc1ccc(Br)cc1)C(=O)CN(c1ccccc1C)S(=O)(=O)c1ccc(Cl)cc1. The van der Waals surface area contributed by atoms with E-state index in [1.54, 1.807) is 25.1 Å². The first kappa shape index (κ1) is 34.2. The predicted molar refractivity (Wildman–Crippen MR) is 184 cm³/mol. The number of amides is 2. The smallest absolute Gasteiger partial charge is 0.264 e. The van der Waals surface area contributed by atoms with Crippen LogP contribution in [0.4, 0.5) is 5.69 Å². The number of halogens is 2. The molecule has 0 bridgehead atoms. The molecule has 45 heavy (non-hydrogen) atoms. The number of nitrogens with zero attached hydrogens (tertiary/aromatic N) is 2. The van der Waals surface area contributed by atoms with Crippen LogP contribution in [0, 0.1) is 6.92 Å². The summed E-state index contributed by atoms with van der Waals surface area (Å²) in [6.07, 6.45) is 1.96. The summed E-state index contributed by atoms with van der Waals surface area (Å²) in [7, 11) is -4.20. The molecule has 0 fully saturated rings. The van der Waals surface area contributed by atoms with Gasteiger partial charge in [0, 0.05) is 29.0 Å². The van der Waals surface area contributed by atoms with Crippen LogP contribution in [0.2, 0.25) is 5.02 Å². The van der Waals surface area contributed by atoms with Crippen molar-refractivity contribution in [2.45, 2.75) is 50.6 Å². The topological polar surface area (TPSA) is 86.8 Å². The number of hydrogen-bond acceptors (Lipinski definition) is 4. The molecule has 4 aromatic carbocycles. The van der Waals surface area contributed by atoms with Crippen molar-refractivity contribution in [2.24, 2.45) is 0 Å². The molecular weight excluding hydrogens is 674 g/mol. The van der Waals surface area contributed by atoms with Gasteiger partial charge in [0.2, 0.25) is 11.8 Å². The molecule has 4 aromatic rings. The summed E-state index contributed by atoms with van der Waals surface area (Å²) in [5.41, 5.74) is 2.73. The zero-order chi connectivity index (χ0) is 32.4. The Morgan fingerprint density at radius 3 is 2.16 bits per heavy atom. The van der Waals surface area contributed by atoms with E-state index in [-0.39, 0.29) is 23.8 Å². The molecule has 0 aliphatic rings. The van der Waals surface area contributed by atoms with Gasteiger partial charge in [-0.25, -0.2) is 8.42 Å². The number of para-hydroxylation sites is 1. The van der Waals surface area contributed by atoms with Gasteiger partial charge in [0.15, 0.2) is 0 Å². The Labute approximate surface area is 279 Å². The fourth-order valence-corrected chi connectivity index (χ4v) is 6.81. The molecule has 10 heteroatoms. The third-order valence-corrected chi connectivity index (χ3v) is 9.99. The zero-order valence-electron chi connectivity index (χ0n) is 25.3. The molecule has 236 valence electrons. The highest BCUT2D eigenvalue weighted by Gasteiger charge is 2.35. The summed E-state index contributed by atoms with van der Waals surface area (Å²) >= 11 is 9.52. The molecule has 0 unspecified atom stereocenters. The Morgan fingerprint density at radius 1 is 0.867 bits per heavy atom. The van der Waals surface area contributed by atoms with Gasteiger partial charge in [0.25, 0.3) is 10.0 Å². The van der Waals surface area contributed by atoms with Crippen LogP contribution in [0.1, 0.15) is 36.5 Å². The molecule has 7 nitrogen and oxygen atoms in total. The van der Waals surface area contributed by atoms with Gasteiger partial charge >= 0.3 is 0 Å². The Morgan fingerprint density at radius 2 is 1.51 bits per heavy atom. The minimum absolute atomic E-state index is 0.000516. The van der Waals surface area contributed by atoms with Gasteiger partial charge in [0.05, 0.1) is 10.6 Å². The normalized spacial score (nSPS) is 11.9. The zero-order valence-corrected chi connectivity index (χ0v) is 28.5. The highest BCUT2D eigenvalue weighted by molar-refractivity contribution is 9.10. The summed E-state index contributed by atoms with van der Waals surface area (Å²) in [6.45, 7) is 3.90. The summed E-state index contributed by atoms with van der Waals surface area (Å²) in [4.78, 5) is 29.8.